The first-order valence-electron chi connectivity index (χ1n) is 10.2. The summed E-state index contributed by atoms with van der Waals surface area (Å²) in [4.78, 5) is 30.6. The monoisotopic (exact) mass is 457 g/mol. The molecule has 2 aromatic heterocycles. The van der Waals surface area contributed by atoms with E-state index in [0.29, 0.717) is 19.0 Å². The van der Waals surface area contributed by atoms with Crippen LogP contribution in [-0.2, 0) is 4.79 Å². The number of amides is 1. The highest BCUT2D eigenvalue weighted by molar-refractivity contribution is 8.02. The summed E-state index contributed by atoms with van der Waals surface area (Å²) in [5, 5.41) is 1.75. The highest BCUT2D eigenvalue weighted by Crippen LogP contribution is 2.34. The van der Waals surface area contributed by atoms with Gasteiger partial charge in [0.05, 0.1) is 10.9 Å². The van der Waals surface area contributed by atoms with Gasteiger partial charge in [-0.3, -0.25) is 4.79 Å². The van der Waals surface area contributed by atoms with E-state index in [-0.39, 0.29) is 22.9 Å². The van der Waals surface area contributed by atoms with Crippen LogP contribution in [0.1, 0.15) is 13.8 Å². The lowest BCUT2D eigenvalue weighted by molar-refractivity contribution is -0.131. The number of carbonyl (C=O) groups is 1. The first-order valence-corrected chi connectivity index (χ1v) is 12.0. The Balaban J connectivity index is 1.40. The predicted molar refractivity (Wildman–Crippen MR) is 123 cm³/mol. The minimum atomic E-state index is -0.266. The summed E-state index contributed by atoms with van der Waals surface area (Å²) in [6.07, 6.45) is 3.47. The van der Waals surface area contributed by atoms with Gasteiger partial charge in [0.15, 0.2) is 4.34 Å². The molecule has 0 spiro atoms. The van der Waals surface area contributed by atoms with Gasteiger partial charge < -0.3 is 9.80 Å². The molecule has 1 saturated heterocycles. The molecule has 1 atom stereocenters. The number of hydrogen-bond donors (Lipinski definition) is 0. The minimum absolute atomic E-state index is 0.146. The topological polar surface area (TPSA) is 62.2 Å². The van der Waals surface area contributed by atoms with Crippen molar-refractivity contribution < 1.29 is 9.18 Å². The number of thiazole rings is 1. The SMILES string of the molecule is CC(C)C(Sc1nc(-c2ccc(F)cc2)cs1)C(=O)N1CCN(c2ncccn2)CC1. The molecule has 1 aliphatic heterocycles. The quantitative estimate of drug-likeness (QED) is 0.517. The third-order valence-electron chi connectivity index (χ3n) is 5.13. The molecule has 1 unspecified atom stereocenters. The summed E-state index contributed by atoms with van der Waals surface area (Å²) >= 11 is 3.04. The Morgan fingerprint density at radius 1 is 1.10 bits per heavy atom. The van der Waals surface area contributed by atoms with Crippen molar-refractivity contribution in [1.82, 2.24) is 19.9 Å². The van der Waals surface area contributed by atoms with E-state index < -0.39 is 0 Å². The molecule has 4 rings (SSSR count). The first-order chi connectivity index (χ1) is 15.0. The second kappa shape index (κ2) is 9.74. The Bertz CT molecular complexity index is 1000. The van der Waals surface area contributed by atoms with Gasteiger partial charge in [-0.15, -0.1) is 11.3 Å². The van der Waals surface area contributed by atoms with E-state index in [1.807, 2.05) is 10.3 Å². The molecule has 3 aromatic rings. The Labute approximate surface area is 189 Å². The van der Waals surface area contributed by atoms with Gasteiger partial charge in [0.1, 0.15) is 5.82 Å². The average molecular weight is 458 g/mol. The van der Waals surface area contributed by atoms with Crippen molar-refractivity contribution in [2.75, 3.05) is 31.1 Å². The Hall–Kier alpha value is -2.52. The Morgan fingerprint density at radius 3 is 2.42 bits per heavy atom. The number of rotatable bonds is 6. The van der Waals surface area contributed by atoms with Crippen LogP contribution in [0.5, 0.6) is 0 Å². The number of nitrogens with zero attached hydrogens (tertiary/aromatic N) is 5. The number of hydrogen-bond acceptors (Lipinski definition) is 7. The highest BCUT2D eigenvalue weighted by Gasteiger charge is 2.31. The molecule has 0 radical (unpaired) electrons. The summed E-state index contributed by atoms with van der Waals surface area (Å²) in [6, 6.07) is 8.11. The Kier molecular flexibility index (Phi) is 6.82. The molecular formula is C22H24FN5OS2. The zero-order valence-electron chi connectivity index (χ0n) is 17.4. The van der Waals surface area contributed by atoms with Gasteiger partial charge >= 0.3 is 0 Å². The van der Waals surface area contributed by atoms with Crippen molar-refractivity contribution in [2.24, 2.45) is 5.92 Å². The third kappa shape index (κ3) is 5.22. The van der Waals surface area contributed by atoms with Crippen molar-refractivity contribution in [3.63, 3.8) is 0 Å². The van der Waals surface area contributed by atoms with Gasteiger partial charge in [-0.2, -0.15) is 0 Å². The van der Waals surface area contributed by atoms with Crippen molar-refractivity contribution in [1.29, 1.82) is 0 Å². The van der Waals surface area contributed by atoms with Crippen LogP contribution >= 0.6 is 23.1 Å². The van der Waals surface area contributed by atoms with Crippen LogP contribution in [-0.4, -0.2) is 57.2 Å². The third-order valence-corrected chi connectivity index (χ3v) is 7.63. The van der Waals surface area contributed by atoms with Crippen LogP contribution in [0.4, 0.5) is 10.3 Å². The number of piperazine rings is 1. The Morgan fingerprint density at radius 2 is 1.77 bits per heavy atom. The lowest BCUT2D eigenvalue weighted by atomic mass is 10.1. The van der Waals surface area contributed by atoms with Crippen molar-refractivity contribution in [3.8, 4) is 11.3 Å². The highest BCUT2D eigenvalue weighted by atomic mass is 32.2. The zero-order chi connectivity index (χ0) is 21.8. The van der Waals surface area contributed by atoms with Gasteiger partial charge in [-0.05, 0) is 36.2 Å². The lowest BCUT2D eigenvalue weighted by Crippen LogP contribution is -2.52. The predicted octanol–water partition coefficient (Wildman–Crippen LogP) is 4.20. The lowest BCUT2D eigenvalue weighted by Gasteiger charge is -2.36. The molecule has 6 nitrogen and oxygen atoms in total. The maximum Gasteiger partial charge on any atom is 0.236 e. The van der Waals surface area contributed by atoms with Gasteiger partial charge in [-0.1, -0.05) is 25.6 Å². The summed E-state index contributed by atoms with van der Waals surface area (Å²) in [6.45, 7) is 6.88. The number of carbonyl (C=O) groups excluding carboxylic acids is 1. The molecule has 1 amide bonds. The van der Waals surface area contributed by atoms with E-state index in [0.717, 1.165) is 28.7 Å². The molecule has 9 heteroatoms. The minimum Gasteiger partial charge on any atom is -0.338 e. The zero-order valence-corrected chi connectivity index (χ0v) is 19.1. The van der Waals surface area contributed by atoms with Gasteiger partial charge in [0.2, 0.25) is 11.9 Å². The fraction of sp³-hybridized carbons (Fsp3) is 0.364. The van der Waals surface area contributed by atoms with Gasteiger partial charge in [0.25, 0.3) is 0 Å². The van der Waals surface area contributed by atoms with Crippen molar-refractivity contribution >= 4 is 35.0 Å². The number of benzene rings is 1. The number of halogens is 1. The van der Waals surface area contributed by atoms with Crippen LogP contribution in [0, 0.1) is 11.7 Å². The molecule has 0 N–H and O–H groups in total. The summed E-state index contributed by atoms with van der Waals surface area (Å²) in [5.41, 5.74) is 1.68. The molecule has 0 aliphatic carbocycles. The van der Waals surface area contributed by atoms with E-state index in [1.54, 1.807) is 30.6 Å². The van der Waals surface area contributed by atoms with Crippen LogP contribution < -0.4 is 4.90 Å². The van der Waals surface area contributed by atoms with E-state index in [2.05, 4.69) is 33.7 Å². The average Bonchev–Trinajstić information content (AvgIpc) is 3.27. The van der Waals surface area contributed by atoms with Crippen LogP contribution in [0.15, 0.2) is 52.4 Å². The van der Waals surface area contributed by atoms with Gasteiger partial charge in [0, 0.05) is 49.5 Å². The van der Waals surface area contributed by atoms with E-state index in [9.17, 15) is 9.18 Å². The van der Waals surface area contributed by atoms with E-state index in [1.165, 1.54) is 35.2 Å². The second-order valence-corrected chi connectivity index (χ2v) is 9.90. The van der Waals surface area contributed by atoms with Crippen LogP contribution in [0.3, 0.4) is 0 Å². The van der Waals surface area contributed by atoms with Crippen molar-refractivity contribution in [3.05, 3.63) is 53.9 Å². The maximum atomic E-state index is 13.3. The largest absolute Gasteiger partial charge is 0.338 e. The fourth-order valence-electron chi connectivity index (χ4n) is 3.41. The second-order valence-electron chi connectivity index (χ2n) is 7.65. The molecule has 3 heterocycles. The fourth-order valence-corrected chi connectivity index (χ4v) is 5.53. The molecule has 1 fully saturated rings. The standard InChI is InChI=1S/C22H24FN5OS2/c1-15(2)19(31-22-26-18(14-30-22)16-4-6-17(23)7-5-16)20(29)27-10-12-28(13-11-27)21-24-8-3-9-25-21/h3-9,14-15,19H,10-13H2,1-2H3. The smallest absolute Gasteiger partial charge is 0.236 e. The molecule has 0 saturated carbocycles. The number of aromatic nitrogens is 3. The molecule has 1 aliphatic rings. The molecule has 162 valence electrons. The summed E-state index contributed by atoms with van der Waals surface area (Å²) in [5.74, 6) is 0.761. The van der Waals surface area contributed by atoms with Gasteiger partial charge in [-0.25, -0.2) is 19.3 Å². The molecular weight excluding hydrogens is 433 g/mol. The van der Waals surface area contributed by atoms with Crippen molar-refractivity contribution in [2.45, 2.75) is 23.4 Å². The first kappa shape index (κ1) is 21.7. The molecule has 31 heavy (non-hydrogen) atoms. The van der Waals surface area contributed by atoms with E-state index >= 15 is 0 Å². The van der Waals surface area contributed by atoms with Crippen LogP contribution in [0.2, 0.25) is 0 Å². The molecule has 1 aromatic carbocycles. The normalized spacial score (nSPS) is 15.4. The number of anilines is 1. The van der Waals surface area contributed by atoms with Crippen LogP contribution in [0.25, 0.3) is 11.3 Å². The maximum absolute atomic E-state index is 13.3. The summed E-state index contributed by atoms with van der Waals surface area (Å²) < 4.78 is 14.0. The summed E-state index contributed by atoms with van der Waals surface area (Å²) in [7, 11) is 0. The van der Waals surface area contributed by atoms with E-state index in [4.69, 9.17) is 0 Å². The number of thioether (sulfide) groups is 1. The molecule has 0 bridgehead atoms.